The van der Waals surface area contributed by atoms with E-state index in [-0.39, 0.29) is 6.04 Å². The van der Waals surface area contributed by atoms with Gasteiger partial charge in [-0.2, -0.15) is 0 Å². The van der Waals surface area contributed by atoms with Crippen molar-refractivity contribution in [2.24, 2.45) is 5.73 Å². The van der Waals surface area contributed by atoms with E-state index in [1.165, 1.54) is 36.1 Å². The molecule has 3 rings (SSSR count). The summed E-state index contributed by atoms with van der Waals surface area (Å²) in [4.78, 5) is 3.99. The van der Waals surface area contributed by atoms with E-state index >= 15 is 0 Å². The van der Waals surface area contributed by atoms with Gasteiger partial charge in [0.2, 0.25) is 0 Å². The summed E-state index contributed by atoms with van der Waals surface area (Å²) >= 11 is 9.43. The van der Waals surface area contributed by atoms with Gasteiger partial charge in [-0.15, -0.1) is 22.7 Å². The predicted molar refractivity (Wildman–Crippen MR) is 76.3 cm³/mol. The average molecular weight is 284 g/mol. The molecule has 0 spiro atoms. The average Bonchev–Trinajstić information content (AvgIpc) is 2.93. The van der Waals surface area contributed by atoms with E-state index < -0.39 is 0 Å². The predicted octanol–water partition coefficient (Wildman–Crippen LogP) is 4.39. The molecule has 0 amide bonds. The number of rotatable bonds is 2. The lowest BCUT2D eigenvalue weighted by atomic mass is 9.99. The van der Waals surface area contributed by atoms with Crippen LogP contribution in [0.3, 0.4) is 0 Å². The molecule has 0 bridgehead atoms. The highest BCUT2D eigenvalue weighted by Crippen LogP contribution is 2.36. The first kappa shape index (κ1) is 11.7. The van der Waals surface area contributed by atoms with Crippen LogP contribution in [0.1, 0.15) is 39.1 Å². The number of nitrogens with two attached hydrogens (primary N) is 1. The first-order chi connectivity index (χ1) is 8.24. The van der Waals surface area contributed by atoms with Gasteiger partial charge in [0.25, 0.3) is 0 Å². The molecule has 1 aliphatic carbocycles. The molecule has 2 heterocycles. The van der Waals surface area contributed by atoms with Crippen molar-refractivity contribution in [3.63, 3.8) is 0 Å². The van der Waals surface area contributed by atoms with Gasteiger partial charge in [-0.3, -0.25) is 0 Å². The van der Waals surface area contributed by atoms with Crippen LogP contribution in [0.5, 0.6) is 0 Å². The Morgan fingerprint density at radius 3 is 2.65 bits per heavy atom. The van der Waals surface area contributed by atoms with E-state index in [4.69, 9.17) is 17.3 Å². The lowest BCUT2D eigenvalue weighted by Crippen LogP contribution is -2.07. The molecular weight excluding hydrogens is 270 g/mol. The summed E-state index contributed by atoms with van der Waals surface area (Å²) in [6.07, 6.45) is 5.11. The largest absolute Gasteiger partial charge is 0.319 e. The second-order valence-corrected chi connectivity index (χ2v) is 7.34. The number of halogens is 1. The number of hydrogen-bond donors (Lipinski definition) is 1. The quantitative estimate of drug-likeness (QED) is 0.869. The molecule has 0 aliphatic heterocycles. The smallest absolute Gasteiger partial charge is 0.0931 e. The Labute approximate surface area is 114 Å². The van der Waals surface area contributed by atoms with Crippen molar-refractivity contribution in [3.05, 3.63) is 42.7 Å². The van der Waals surface area contributed by atoms with Gasteiger partial charge in [-0.1, -0.05) is 11.6 Å². The van der Waals surface area contributed by atoms with E-state index in [9.17, 15) is 0 Å². The highest BCUT2D eigenvalue weighted by Gasteiger charge is 2.18. The van der Waals surface area contributed by atoms with E-state index in [1.807, 2.05) is 23.5 Å². The molecule has 17 heavy (non-hydrogen) atoms. The topological polar surface area (TPSA) is 26.0 Å². The summed E-state index contributed by atoms with van der Waals surface area (Å²) in [5.41, 5.74) is 7.83. The highest BCUT2D eigenvalue weighted by atomic mass is 35.5. The Hall–Kier alpha value is -0.350. The molecule has 0 saturated carbocycles. The van der Waals surface area contributed by atoms with Crippen LogP contribution in [-0.2, 0) is 12.8 Å². The lowest BCUT2D eigenvalue weighted by Gasteiger charge is -2.08. The molecule has 1 atom stereocenters. The van der Waals surface area contributed by atoms with Crippen molar-refractivity contribution in [1.29, 1.82) is 0 Å². The van der Waals surface area contributed by atoms with Crippen LogP contribution in [0.4, 0.5) is 0 Å². The summed E-state index contributed by atoms with van der Waals surface area (Å²) in [7, 11) is 0. The van der Waals surface area contributed by atoms with Crippen molar-refractivity contribution in [2.75, 3.05) is 0 Å². The zero-order chi connectivity index (χ0) is 11.8. The van der Waals surface area contributed by atoms with Crippen molar-refractivity contribution in [3.8, 4) is 0 Å². The first-order valence-electron chi connectivity index (χ1n) is 5.86. The normalized spacial score (nSPS) is 16.8. The highest BCUT2D eigenvalue weighted by molar-refractivity contribution is 7.16. The zero-order valence-electron chi connectivity index (χ0n) is 9.41. The van der Waals surface area contributed by atoms with Gasteiger partial charge in [0.15, 0.2) is 0 Å². The Morgan fingerprint density at radius 1 is 1.12 bits per heavy atom. The van der Waals surface area contributed by atoms with Gasteiger partial charge in [0.1, 0.15) is 0 Å². The molecule has 1 unspecified atom stereocenters. The Morgan fingerprint density at radius 2 is 1.94 bits per heavy atom. The van der Waals surface area contributed by atoms with Crippen molar-refractivity contribution >= 4 is 34.3 Å². The molecule has 0 saturated heterocycles. The SMILES string of the molecule is NC(c1ccc(Cl)s1)c1cc2c(s1)CCCC2. The standard InChI is InChI=1S/C13H14ClNS2/c14-12-6-5-10(17-12)13(15)11-7-8-3-1-2-4-9(8)16-11/h5-7,13H,1-4,15H2. The lowest BCUT2D eigenvalue weighted by molar-refractivity contribution is 0.696. The molecular formula is C13H14ClNS2. The van der Waals surface area contributed by atoms with Crippen LogP contribution >= 0.6 is 34.3 Å². The van der Waals surface area contributed by atoms with Gasteiger partial charge >= 0.3 is 0 Å². The Balaban J connectivity index is 1.91. The second-order valence-electron chi connectivity index (χ2n) is 4.42. The molecule has 90 valence electrons. The maximum atomic E-state index is 6.30. The van der Waals surface area contributed by atoms with Crippen LogP contribution in [0.15, 0.2) is 18.2 Å². The number of thiophene rings is 2. The minimum Gasteiger partial charge on any atom is -0.319 e. The third-order valence-electron chi connectivity index (χ3n) is 3.22. The summed E-state index contributed by atoms with van der Waals surface area (Å²) in [6.45, 7) is 0. The summed E-state index contributed by atoms with van der Waals surface area (Å²) in [5, 5.41) is 0. The fraction of sp³-hybridized carbons (Fsp3) is 0.385. The van der Waals surface area contributed by atoms with Crippen molar-refractivity contribution < 1.29 is 0 Å². The third kappa shape index (κ3) is 2.29. The number of hydrogen-bond acceptors (Lipinski definition) is 3. The number of aryl methyl sites for hydroxylation is 2. The molecule has 2 aromatic rings. The molecule has 2 aromatic heterocycles. The van der Waals surface area contributed by atoms with Gasteiger partial charge < -0.3 is 5.73 Å². The van der Waals surface area contributed by atoms with Crippen LogP contribution in [0.2, 0.25) is 4.34 Å². The van der Waals surface area contributed by atoms with Crippen LogP contribution in [0, 0.1) is 0 Å². The van der Waals surface area contributed by atoms with E-state index in [1.54, 1.807) is 16.2 Å². The fourth-order valence-electron chi connectivity index (χ4n) is 2.30. The van der Waals surface area contributed by atoms with Crippen molar-refractivity contribution in [1.82, 2.24) is 0 Å². The van der Waals surface area contributed by atoms with Gasteiger partial charge in [-0.25, -0.2) is 0 Å². The number of fused-ring (bicyclic) bond motifs is 1. The summed E-state index contributed by atoms with van der Waals surface area (Å²) in [6, 6.07) is 6.27. The van der Waals surface area contributed by atoms with Crippen LogP contribution in [0.25, 0.3) is 0 Å². The fourth-order valence-corrected chi connectivity index (χ4v) is 4.74. The molecule has 4 heteroatoms. The third-order valence-corrected chi connectivity index (χ3v) is 5.86. The molecule has 0 radical (unpaired) electrons. The van der Waals surface area contributed by atoms with Gasteiger partial charge in [-0.05, 0) is 49.4 Å². The first-order valence-corrected chi connectivity index (χ1v) is 7.87. The molecule has 2 N–H and O–H groups in total. The molecule has 0 fully saturated rings. The molecule has 1 aliphatic rings. The van der Waals surface area contributed by atoms with Crippen LogP contribution in [-0.4, -0.2) is 0 Å². The van der Waals surface area contributed by atoms with E-state index in [0.717, 1.165) is 9.21 Å². The summed E-state index contributed by atoms with van der Waals surface area (Å²) < 4.78 is 0.816. The van der Waals surface area contributed by atoms with Gasteiger partial charge in [0.05, 0.1) is 10.4 Å². The minimum absolute atomic E-state index is 0.00287. The Kier molecular flexibility index (Phi) is 3.26. The molecule has 0 aromatic carbocycles. The molecule has 1 nitrogen and oxygen atoms in total. The van der Waals surface area contributed by atoms with Crippen LogP contribution < -0.4 is 5.73 Å². The maximum absolute atomic E-state index is 6.30. The Bertz CT molecular complexity index is 506. The van der Waals surface area contributed by atoms with Gasteiger partial charge in [0, 0.05) is 14.6 Å². The maximum Gasteiger partial charge on any atom is 0.0931 e. The van der Waals surface area contributed by atoms with E-state index in [2.05, 4.69) is 6.07 Å². The minimum atomic E-state index is 0.00287. The van der Waals surface area contributed by atoms with E-state index in [0.29, 0.717) is 0 Å². The zero-order valence-corrected chi connectivity index (χ0v) is 11.8. The monoisotopic (exact) mass is 283 g/mol. The summed E-state index contributed by atoms with van der Waals surface area (Å²) in [5.74, 6) is 0. The van der Waals surface area contributed by atoms with Crippen molar-refractivity contribution in [2.45, 2.75) is 31.7 Å². The second kappa shape index (κ2) is 4.73.